The highest BCUT2D eigenvalue weighted by molar-refractivity contribution is 7.10. The zero-order valence-corrected chi connectivity index (χ0v) is 17.1. The number of aromatic nitrogens is 4. The van der Waals surface area contributed by atoms with E-state index in [2.05, 4.69) is 34.7 Å². The average Bonchev–Trinajstić information content (AvgIpc) is 3.23. The van der Waals surface area contributed by atoms with E-state index in [4.69, 9.17) is 0 Å². The number of alkyl halides is 3. The summed E-state index contributed by atoms with van der Waals surface area (Å²) < 4.78 is 59.1. The predicted molar refractivity (Wildman–Crippen MR) is 112 cm³/mol. The number of hydrogen-bond acceptors (Lipinski definition) is 8. The Labute approximate surface area is 187 Å². The van der Waals surface area contributed by atoms with E-state index in [1.54, 1.807) is 36.5 Å². The van der Waals surface area contributed by atoms with Crippen LogP contribution < -0.4 is 15.4 Å². The van der Waals surface area contributed by atoms with Gasteiger partial charge in [-0.25, -0.2) is 14.4 Å². The molecular formula is C20H12F4N6O2S. The van der Waals surface area contributed by atoms with E-state index < -0.39 is 23.8 Å². The standard InChI is InChI=1S/C20H12F4N6O2S/c21-15-6-5-13(32-20(22,23)24)9-14(15)17-28-19(33-30-17)29-18(31)11-1-3-12(4-2-11)27-16-7-8-25-10-26-16/h1-10H,(H,25,26,27)(H,28,29,30,31). The second-order valence-corrected chi connectivity index (χ2v) is 7.12. The van der Waals surface area contributed by atoms with Crippen LogP contribution in [0.15, 0.2) is 61.1 Å². The maximum absolute atomic E-state index is 14.1. The second-order valence-electron chi connectivity index (χ2n) is 6.36. The summed E-state index contributed by atoms with van der Waals surface area (Å²) in [5.74, 6) is -1.56. The first kappa shape index (κ1) is 22.1. The summed E-state index contributed by atoms with van der Waals surface area (Å²) in [7, 11) is 0. The lowest BCUT2D eigenvalue weighted by molar-refractivity contribution is -0.274. The molecule has 4 aromatic rings. The van der Waals surface area contributed by atoms with Crippen molar-refractivity contribution in [2.45, 2.75) is 6.36 Å². The average molecular weight is 476 g/mol. The van der Waals surface area contributed by atoms with E-state index in [-0.39, 0.29) is 16.5 Å². The molecule has 0 saturated carbocycles. The molecule has 2 heterocycles. The molecule has 0 fully saturated rings. The van der Waals surface area contributed by atoms with Gasteiger partial charge >= 0.3 is 6.36 Å². The van der Waals surface area contributed by atoms with Crippen molar-refractivity contribution in [3.8, 4) is 17.1 Å². The molecular weight excluding hydrogens is 464 g/mol. The number of carbonyl (C=O) groups excluding carboxylic acids is 1. The van der Waals surface area contributed by atoms with E-state index in [1.165, 1.54) is 6.33 Å². The minimum atomic E-state index is -4.93. The Morgan fingerprint density at radius 1 is 1.06 bits per heavy atom. The zero-order valence-electron chi connectivity index (χ0n) is 16.3. The van der Waals surface area contributed by atoms with Gasteiger partial charge in [-0.15, -0.1) is 13.2 Å². The minimum Gasteiger partial charge on any atom is -0.406 e. The predicted octanol–water partition coefficient (Wildman–Crippen LogP) is 5.03. The molecule has 0 aliphatic rings. The number of hydrogen-bond donors (Lipinski definition) is 2. The smallest absolute Gasteiger partial charge is 0.406 e. The number of nitrogens with one attached hydrogen (secondary N) is 2. The first-order chi connectivity index (χ1) is 15.8. The maximum Gasteiger partial charge on any atom is 0.573 e. The first-order valence-corrected chi connectivity index (χ1v) is 9.88. The highest BCUT2D eigenvalue weighted by atomic mass is 32.1. The highest BCUT2D eigenvalue weighted by Crippen LogP contribution is 2.30. The van der Waals surface area contributed by atoms with Gasteiger partial charge in [0.1, 0.15) is 23.7 Å². The maximum atomic E-state index is 14.1. The van der Waals surface area contributed by atoms with Crippen LogP contribution in [0.4, 0.5) is 34.2 Å². The monoisotopic (exact) mass is 476 g/mol. The van der Waals surface area contributed by atoms with Gasteiger partial charge in [-0.2, -0.15) is 9.36 Å². The van der Waals surface area contributed by atoms with Crippen LogP contribution in [0.5, 0.6) is 5.75 Å². The van der Waals surface area contributed by atoms with E-state index >= 15 is 0 Å². The number of nitrogens with zero attached hydrogens (tertiary/aromatic N) is 4. The van der Waals surface area contributed by atoms with Crippen LogP contribution in [-0.2, 0) is 0 Å². The molecule has 1 amide bonds. The van der Waals surface area contributed by atoms with Crippen LogP contribution in [-0.4, -0.2) is 31.6 Å². The van der Waals surface area contributed by atoms with Gasteiger partial charge in [0, 0.05) is 29.0 Å². The van der Waals surface area contributed by atoms with Gasteiger partial charge in [-0.1, -0.05) is 0 Å². The summed E-state index contributed by atoms with van der Waals surface area (Å²) in [6, 6.07) is 10.6. The first-order valence-electron chi connectivity index (χ1n) is 9.11. The van der Waals surface area contributed by atoms with Crippen molar-refractivity contribution < 1.29 is 27.1 Å². The van der Waals surface area contributed by atoms with Crippen LogP contribution in [0.25, 0.3) is 11.4 Å². The van der Waals surface area contributed by atoms with Crippen molar-refractivity contribution in [1.29, 1.82) is 0 Å². The quantitative estimate of drug-likeness (QED) is 0.377. The van der Waals surface area contributed by atoms with Crippen LogP contribution >= 0.6 is 11.5 Å². The fourth-order valence-corrected chi connectivity index (χ4v) is 3.22. The normalized spacial score (nSPS) is 11.2. The Morgan fingerprint density at radius 3 is 2.55 bits per heavy atom. The summed E-state index contributed by atoms with van der Waals surface area (Å²) in [4.78, 5) is 24.3. The fourth-order valence-electron chi connectivity index (χ4n) is 2.64. The lowest BCUT2D eigenvalue weighted by Crippen LogP contribution is -2.17. The molecule has 2 aromatic carbocycles. The van der Waals surface area contributed by atoms with E-state index in [1.807, 2.05) is 0 Å². The van der Waals surface area contributed by atoms with Gasteiger partial charge in [-0.3, -0.25) is 10.1 Å². The third-order valence-corrected chi connectivity index (χ3v) is 4.69. The number of halogens is 4. The molecule has 0 saturated heterocycles. The van der Waals surface area contributed by atoms with Crippen LogP contribution in [0.1, 0.15) is 10.4 Å². The summed E-state index contributed by atoms with van der Waals surface area (Å²) in [6.45, 7) is 0. The minimum absolute atomic E-state index is 0.0414. The summed E-state index contributed by atoms with van der Waals surface area (Å²) in [5.41, 5.74) is 0.709. The molecule has 2 N–H and O–H groups in total. The molecule has 13 heteroatoms. The van der Waals surface area contributed by atoms with Crippen molar-refractivity contribution in [3.63, 3.8) is 0 Å². The van der Waals surface area contributed by atoms with Crippen LogP contribution in [0, 0.1) is 5.82 Å². The lowest BCUT2D eigenvalue weighted by atomic mass is 10.2. The SMILES string of the molecule is O=C(Nc1nc(-c2cc(OC(F)(F)F)ccc2F)ns1)c1ccc(Nc2ccncn2)cc1. The molecule has 168 valence electrons. The van der Waals surface area contributed by atoms with E-state index in [0.29, 0.717) is 17.1 Å². The number of rotatable bonds is 6. The number of ether oxygens (including phenoxy) is 1. The molecule has 0 unspecified atom stereocenters. The Bertz CT molecular complexity index is 1270. The van der Waals surface area contributed by atoms with Crippen molar-refractivity contribution in [1.82, 2.24) is 19.3 Å². The van der Waals surface area contributed by atoms with Crippen molar-refractivity contribution in [3.05, 3.63) is 72.4 Å². The van der Waals surface area contributed by atoms with Crippen molar-refractivity contribution in [2.24, 2.45) is 0 Å². The molecule has 4 rings (SSSR count). The zero-order chi connectivity index (χ0) is 23.4. The molecule has 8 nitrogen and oxygen atoms in total. The molecule has 0 spiro atoms. The third kappa shape index (κ3) is 5.77. The van der Waals surface area contributed by atoms with Crippen LogP contribution in [0.3, 0.4) is 0 Å². The molecule has 33 heavy (non-hydrogen) atoms. The largest absolute Gasteiger partial charge is 0.573 e. The Morgan fingerprint density at radius 2 is 1.85 bits per heavy atom. The summed E-state index contributed by atoms with van der Waals surface area (Å²) in [6.07, 6.45) is -1.95. The Hall–Kier alpha value is -4.13. The third-order valence-electron chi connectivity index (χ3n) is 4.06. The van der Waals surface area contributed by atoms with Gasteiger partial charge in [0.2, 0.25) is 5.13 Å². The highest BCUT2D eigenvalue weighted by Gasteiger charge is 2.31. The number of amides is 1. The van der Waals surface area contributed by atoms with Crippen molar-refractivity contribution >= 4 is 34.1 Å². The molecule has 2 aromatic heterocycles. The molecule has 0 aliphatic carbocycles. The van der Waals surface area contributed by atoms with Gasteiger partial charge in [0.15, 0.2) is 5.82 Å². The number of carbonyl (C=O) groups is 1. The molecule has 0 radical (unpaired) electrons. The summed E-state index contributed by atoms with van der Waals surface area (Å²) in [5, 5.41) is 5.61. The van der Waals surface area contributed by atoms with E-state index in [9.17, 15) is 22.4 Å². The second kappa shape index (κ2) is 9.16. The Balaban J connectivity index is 1.44. The van der Waals surface area contributed by atoms with E-state index in [0.717, 1.165) is 29.7 Å². The van der Waals surface area contributed by atoms with Gasteiger partial charge in [0.25, 0.3) is 5.91 Å². The fraction of sp³-hybridized carbons (Fsp3) is 0.0500. The molecule has 0 aliphatic heterocycles. The van der Waals surface area contributed by atoms with Gasteiger partial charge < -0.3 is 10.1 Å². The number of benzene rings is 2. The molecule has 0 bridgehead atoms. The van der Waals surface area contributed by atoms with Crippen LogP contribution in [0.2, 0.25) is 0 Å². The number of anilines is 3. The van der Waals surface area contributed by atoms with Gasteiger partial charge in [-0.05, 0) is 48.5 Å². The Kier molecular flexibility index (Phi) is 6.13. The lowest BCUT2D eigenvalue weighted by Gasteiger charge is -2.09. The topological polar surface area (TPSA) is 102 Å². The van der Waals surface area contributed by atoms with Crippen molar-refractivity contribution in [2.75, 3.05) is 10.6 Å². The summed E-state index contributed by atoms with van der Waals surface area (Å²) >= 11 is 0.751. The van der Waals surface area contributed by atoms with Gasteiger partial charge in [0.05, 0.1) is 5.56 Å². The molecule has 0 atom stereocenters.